The summed E-state index contributed by atoms with van der Waals surface area (Å²) in [6, 6.07) is 6.21. The minimum absolute atomic E-state index is 0.00929. The average Bonchev–Trinajstić information content (AvgIpc) is 2.43. The number of benzene rings is 1. The van der Waals surface area contributed by atoms with Gasteiger partial charge in [-0.3, -0.25) is 14.9 Å². The van der Waals surface area contributed by atoms with Crippen LogP contribution in [0, 0.1) is 10.1 Å². The summed E-state index contributed by atoms with van der Waals surface area (Å²) in [7, 11) is 3.55. The number of hydrogen-bond acceptors (Lipinski definition) is 4. The number of nitro benzene ring substituents is 1. The van der Waals surface area contributed by atoms with E-state index in [1.165, 1.54) is 12.1 Å². The number of rotatable bonds is 6. The lowest BCUT2D eigenvalue weighted by Crippen LogP contribution is -2.35. The first kappa shape index (κ1) is 15.1. The number of nitrogens with one attached hydrogen (secondary N) is 1. The zero-order valence-corrected chi connectivity index (χ0v) is 11.4. The van der Waals surface area contributed by atoms with E-state index in [9.17, 15) is 14.9 Å². The summed E-state index contributed by atoms with van der Waals surface area (Å²) in [6.45, 7) is 3.08. The van der Waals surface area contributed by atoms with Crippen molar-refractivity contribution in [1.29, 1.82) is 0 Å². The van der Waals surface area contributed by atoms with E-state index in [1.54, 1.807) is 31.0 Å². The van der Waals surface area contributed by atoms with E-state index in [1.807, 2.05) is 7.05 Å². The van der Waals surface area contributed by atoms with Gasteiger partial charge in [0, 0.05) is 32.3 Å². The van der Waals surface area contributed by atoms with Gasteiger partial charge < -0.3 is 10.2 Å². The van der Waals surface area contributed by atoms with Gasteiger partial charge in [0.05, 0.1) is 10.8 Å². The molecule has 0 spiro atoms. The fourth-order valence-electron chi connectivity index (χ4n) is 1.77. The highest BCUT2D eigenvalue weighted by Crippen LogP contribution is 2.22. The summed E-state index contributed by atoms with van der Waals surface area (Å²) in [4.78, 5) is 24.1. The van der Waals surface area contributed by atoms with Crippen molar-refractivity contribution in [3.8, 4) is 0 Å². The van der Waals surface area contributed by atoms with Gasteiger partial charge in [-0.2, -0.15) is 0 Å². The van der Waals surface area contributed by atoms with Crippen molar-refractivity contribution in [1.82, 2.24) is 10.2 Å². The van der Waals surface area contributed by atoms with Crippen molar-refractivity contribution < 1.29 is 9.72 Å². The predicted octanol–water partition coefficient (Wildman–Crippen LogP) is 1.38. The smallest absolute Gasteiger partial charge is 0.269 e. The molecule has 0 aliphatic heterocycles. The van der Waals surface area contributed by atoms with Crippen LogP contribution in [0.4, 0.5) is 5.69 Å². The molecule has 1 aromatic rings. The number of nitrogens with zero attached hydrogens (tertiary/aromatic N) is 2. The molecular formula is C13H19N3O3. The van der Waals surface area contributed by atoms with Crippen LogP contribution < -0.4 is 5.32 Å². The zero-order chi connectivity index (χ0) is 14.4. The van der Waals surface area contributed by atoms with Gasteiger partial charge in [-0.25, -0.2) is 0 Å². The number of non-ortho nitro benzene ring substituents is 1. The second-order valence-electron chi connectivity index (χ2n) is 4.44. The second-order valence-corrected chi connectivity index (χ2v) is 4.44. The van der Waals surface area contributed by atoms with Gasteiger partial charge in [0.15, 0.2) is 0 Å². The highest BCUT2D eigenvalue weighted by atomic mass is 16.6. The molecule has 1 atom stereocenters. The number of amides is 1. The third-order valence-electron chi connectivity index (χ3n) is 3.02. The molecule has 0 heterocycles. The Morgan fingerprint density at radius 2 is 2.21 bits per heavy atom. The minimum Gasteiger partial charge on any atom is -0.344 e. The maximum absolute atomic E-state index is 12.2. The molecule has 1 amide bonds. The third kappa shape index (κ3) is 4.03. The van der Waals surface area contributed by atoms with Crippen LogP contribution >= 0.6 is 0 Å². The van der Waals surface area contributed by atoms with Crippen molar-refractivity contribution in [3.63, 3.8) is 0 Å². The molecular weight excluding hydrogens is 246 g/mol. The Kier molecular flexibility index (Phi) is 5.44. The fourth-order valence-corrected chi connectivity index (χ4v) is 1.77. The predicted molar refractivity (Wildman–Crippen MR) is 73.1 cm³/mol. The molecule has 6 nitrogen and oxygen atoms in total. The number of carbonyl (C=O) groups is 1. The third-order valence-corrected chi connectivity index (χ3v) is 3.02. The van der Waals surface area contributed by atoms with Gasteiger partial charge >= 0.3 is 0 Å². The van der Waals surface area contributed by atoms with E-state index in [0.29, 0.717) is 18.7 Å². The van der Waals surface area contributed by atoms with Crippen LogP contribution in [0.25, 0.3) is 0 Å². The van der Waals surface area contributed by atoms with Crippen molar-refractivity contribution in [3.05, 3.63) is 39.9 Å². The van der Waals surface area contributed by atoms with Gasteiger partial charge in [0.2, 0.25) is 5.91 Å². The zero-order valence-electron chi connectivity index (χ0n) is 11.4. The van der Waals surface area contributed by atoms with Crippen LogP contribution in [0.5, 0.6) is 0 Å². The maximum atomic E-state index is 12.2. The lowest BCUT2D eigenvalue weighted by atomic mass is 9.99. The maximum Gasteiger partial charge on any atom is 0.269 e. The van der Waals surface area contributed by atoms with E-state index in [2.05, 4.69) is 5.32 Å². The first-order chi connectivity index (χ1) is 8.97. The Labute approximate surface area is 112 Å². The standard InChI is InChI=1S/C13H19N3O3/c1-10(13(17)15(3)8-7-14-2)11-5-4-6-12(9-11)16(18)19/h4-6,9-10,14H,7-8H2,1-3H3. The number of nitro groups is 1. The molecule has 104 valence electrons. The summed E-state index contributed by atoms with van der Waals surface area (Å²) >= 11 is 0. The first-order valence-electron chi connectivity index (χ1n) is 6.11. The lowest BCUT2D eigenvalue weighted by molar-refractivity contribution is -0.384. The van der Waals surface area contributed by atoms with Crippen LogP contribution in [0.1, 0.15) is 18.4 Å². The molecule has 0 radical (unpaired) electrons. The second kappa shape index (κ2) is 6.84. The van der Waals surface area contributed by atoms with E-state index >= 15 is 0 Å². The minimum atomic E-state index is -0.453. The molecule has 0 fully saturated rings. The van der Waals surface area contributed by atoms with Crippen molar-refractivity contribution in [2.45, 2.75) is 12.8 Å². The highest BCUT2D eigenvalue weighted by Gasteiger charge is 2.20. The first-order valence-corrected chi connectivity index (χ1v) is 6.11. The quantitative estimate of drug-likeness (QED) is 0.622. The normalized spacial score (nSPS) is 11.9. The summed E-state index contributed by atoms with van der Waals surface area (Å²) in [5.74, 6) is -0.433. The Morgan fingerprint density at radius 3 is 2.79 bits per heavy atom. The van der Waals surface area contributed by atoms with Crippen LogP contribution in [0.15, 0.2) is 24.3 Å². The van der Waals surface area contributed by atoms with E-state index < -0.39 is 4.92 Å². The molecule has 0 aliphatic rings. The summed E-state index contributed by atoms with van der Waals surface area (Å²) < 4.78 is 0. The van der Waals surface area contributed by atoms with Crippen LogP contribution in [-0.4, -0.2) is 42.9 Å². The SMILES string of the molecule is CNCCN(C)C(=O)C(C)c1cccc([N+](=O)[O-])c1. The molecule has 19 heavy (non-hydrogen) atoms. The van der Waals surface area contributed by atoms with Crippen molar-refractivity contribution in [2.24, 2.45) is 0 Å². The number of likely N-dealkylation sites (N-methyl/N-ethyl adjacent to an activating group) is 2. The summed E-state index contributed by atoms with van der Waals surface area (Å²) in [6.07, 6.45) is 0. The molecule has 1 unspecified atom stereocenters. The van der Waals surface area contributed by atoms with Gasteiger partial charge in [-0.1, -0.05) is 12.1 Å². The monoisotopic (exact) mass is 265 g/mol. The van der Waals surface area contributed by atoms with E-state index in [0.717, 1.165) is 0 Å². The van der Waals surface area contributed by atoms with Gasteiger partial charge in [-0.15, -0.1) is 0 Å². The summed E-state index contributed by atoms with van der Waals surface area (Å²) in [5.41, 5.74) is 0.672. The fraction of sp³-hybridized carbons (Fsp3) is 0.462. The highest BCUT2D eigenvalue weighted by molar-refractivity contribution is 5.83. The lowest BCUT2D eigenvalue weighted by Gasteiger charge is -2.21. The molecule has 0 bridgehead atoms. The van der Waals surface area contributed by atoms with Gasteiger partial charge in [0.1, 0.15) is 0 Å². The van der Waals surface area contributed by atoms with Crippen LogP contribution in [-0.2, 0) is 4.79 Å². The number of hydrogen-bond donors (Lipinski definition) is 1. The molecule has 1 N–H and O–H groups in total. The molecule has 1 rings (SSSR count). The molecule has 0 saturated carbocycles. The molecule has 0 saturated heterocycles. The van der Waals surface area contributed by atoms with E-state index in [-0.39, 0.29) is 17.5 Å². The van der Waals surface area contributed by atoms with Crippen LogP contribution in [0.3, 0.4) is 0 Å². The van der Waals surface area contributed by atoms with Crippen molar-refractivity contribution >= 4 is 11.6 Å². The Hall–Kier alpha value is -1.95. The van der Waals surface area contributed by atoms with Gasteiger partial charge in [-0.05, 0) is 19.5 Å². The molecule has 0 aliphatic carbocycles. The summed E-state index contributed by atoms with van der Waals surface area (Å²) in [5, 5.41) is 13.7. The Bertz CT molecular complexity index is 462. The van der Waals surface area contributed by atoms with Gasteiger partial charge in [0.25, 0.3) is 5.69 Å². The van der Waals surface area contributed by atoms with Crippen molar-refractivity contribution in [2.75, 3.05) is 27.2 Å². The topological polar surface area (TPSA) is 75.5 Å². The largest absolute Gasteiger partial charge is 0.344 e. The number of carbonyl (C=O) groups excluding carboxylic acids is 1. The Balaban J connectivity index is 2.81. The molecule has 6 heteroatoms. The van der Waals surface area contributed by atoms with E-state index in [4.69, 9.17) is 0 Å². The molecule has 0 aromatic heterocycles. The Morgan fingerprint density at radius 1 is 1.53 bits per heavy atom. The average molecular weight is 265 g/mol. The molecule has 1 aromatic carbocycles. The van der Waals surface area contributed by atoms with Crippen LogP contribution in [0.2, 0.25) is 0 Å².